The first-order valence-corrected chi connectivity index (χ1v) is 3.66. The van der Waals surface area contributed by atoms with Gasteiger partial charge in [0.1, 0.15) is 11.4 Å². The molecule has 0 bridgehead atoms. The summed E-state index contributed by atoms with van der Waals surface area (Å²) in [6.07, 6.45) is 0. The molecule has 0 saturated heterocycles. The molecular formula is C8H12N2O2. The van der Waals surface area contributed by atoms with E-state index in [1.165, 1.54) is 11.8 Å². The minimum absolute atomic E-state index is 0.113. The van der Waals surface area contributed by atoms with Crippen LogP contribution in [-0.2, 0) is 7.05 Å². The quantitative estimate of drug-likeness (QED) is 0.610. The molecule has 66 valence electrons. The van der Waals surface area contributed by atoms with Gasteiger partial charge in [0.05, 0.1) is 12.7 Å². The van der Waals surface area contributed by atoms with Crippen molar-refractivity contribution in [3.8, 4) is 5.75 Å². The summed E-state index contributed by atoms with van der Waals surface area (Å²) in [5, 5.41) is 3.98. The van der Waals surface area contributed by atoms with E-state index in [-0.39, 0.29) is 5.56 Å². The fraction of sp³-hybridized carbons (Fsp3) is 0.500. The van der Waals surface area contributed by atoms with Crippen LogP contribution >= 0.6 is 0 Å². The normalized spacial score (nSPS) is 10.0. The molecule has 12 heavy (non-hydrogen) atoms. The fourth-order valence-electron chi connectivity index (χ4n) is 1.23. The highest BCUT2D eigenvalue weighted by Gasteiger charge is 2.08. The highest BCUT2D eigenvalue weighted by molar-refractivity contribution is 5.33. The molecule has 1 aromatic heterocycles. The lowest BCUT2D eigenvalue weighted by Gasteiger charge is -2.07. The Bertz CT molecular complexity index is 355. The van der Waals surface area contributed by atoms with Gasteiger partial charge < -0.3 is 4.74 Å². The van der Waals surface area contributed by atoms with Gasteiger partial charge in [-0.3, -0.25) is 4.79 Å². The average Bonchev–Trinajstić information content (AvgIpc) is 2.01. The molecule has 1 heterocycles. The summed E-state index contributed by atoms with van der Waals surface area (Å²) < 4.78 is 6.35. The van der Waals surface area contributed by atoms with E-state index in [9.17, 15) is 4.79 Å². The van der Waals surface area contributed by atoms with Gasteiger partial charge in [-0.15, -0.1) is 0 Å². The van der Waals surface area contributed by atoms with Crippen molar-refractivity contribution in [3.05, 3.63) is 21.6 Å². The Labute approximate surface area is 70.8 Å². The summed E-state index contributed by atoms with van der Waals surface area (Å²) in [7, 11) is 3.16. The molecule has 0 unspecified atom stereocenters. The van der Waals surface area contributed by atoms with Crippen molar-refractivity contribution in [1.82, 2.24) is 9.78 Å². The number of hydrogen-bond acceptors (Lipinski definition) is 3. The molecule has 0 amide bonds. The number of aryl methyl sites for hydroxylation is 2. The SMILES string of the molecule is COc1c(C)nn(C)c(=O)c1C. The summed E-state index contributed by atoms with van der Waals surface area (Å²) in [6.45, 7) is 3.54. The highest BCUT2D eigenvalue weighted by atomic mass is 16.5. The summed E-state index contributed by atoms with van der Waals surface area (Å²) in [5.41, 5.74) is 1.22. The average molecular weight is 168 g/mol. The van der Waals surface area contributed by atoms with E-state index in [4.69, 9.17) is 4.74 Å². The number of ether oxygens (including phenoxy) is 1. The van der Waals surface area contributed by atoms with E-state index >= 15 is 0 Å². The maximum atomic E-state index is 11.3. The first-order valence-electron chi connectivity index (χ1n) is 3.66. The van der Waals surface area contributed by atoms with Gasteiger partial charge in [0.2, 0.25) is 0 Å². The molecule has 0 N–H and O–H groups in total. The third kappa shape index (κ3) is 1.20. The van der Waals surface area contributed by atoms with Crippen molar-refractivity contribution in [2.24, 2.45) is 7.05 Å². The molecular weight excluding hydrogens is 156 g/mol. The smallest absolute Gasteiger partial charge is 0.273 e. The lowest BCUT2D eigenvalue weighted by molar-refractivity contribution is 0.399. The van der Waals surface area contributed by atoms with Crippen LogP contribution in [0.2, 0.25) is 0 Å². The Balaban J connectivity index is 3.52. The van der Waals surface area contributed by atoms with Gasteiger partial charge in [0, 0.05) is 7.05 Å². The summed E-state index contributed by atoms with van der Waals surface area (Å²) >= 11 is 0. The zero-order chi connectivity index (χ0) is 9.30. The van der Waals surface area contributed by atoms with Crippen LogP contribution in [0.15, 0.2) is 4.79 Å². The lowest BCUT2D eigenvalue weighted by atomic mass is 10.2. The van der Waals surface area contributed by atoms with Crippen LogP contribution < -0.4 is 10.3 Å². The van der Waals surface area contributed by atoms with E-state index in [1.54, 1.807) is 14.0 Å². The van der Waals surface area contributed by atoms with Crippen molar-refractivity contribution in [2.75, 3.05) is 7.11 Å². The van der Waals surface area contributed by atoms with E-state index in [1.807, 2.05) is 6.92 Å². The predicted octanol–water partition coefficient (Wildman–Crippen LogP) is 0.406. The fourth-order valence-corrected chi connectivity index (χ4v) is 1.23. The van der Waals surface area contributed by atoms with Crippen LogP contribution in [0.25, 0.3) is 0 Å². The molecule has 0 atom stereocenters. The maximum absolute atomic E-state index is 11.3. The van der Waals surface area contributed by atoms with Crippen LogP contribution in [-0.4, -0.2) is 16.9 Å². The number of rotatable bonds is 1. The minimum atomic E-state index is -0.113. The van der Waals surface area contributed by atoms with E-state index in [0.717, 1.165) is 5.69 Å². The zero-order valence-corrected chi connectivity index (χ0v) is 7.71. The Kier molecular flexibility index (Phi) is 2.17. The van der Waals surface area contributed by atoms with Gasteiger partial charge >= 0.3 is 0 Å². The van der Waals surface area contributed by atoms with Gasteiger partial charge in [-0.25, -0.2) is 4.68 Å². The predicted molar refractivity (Wildman–Crippen MR) is 45.5 cm³/mol. The van der Waals surface area contributed by atoms with Gasteiger partial charge in [0.15, 0.2) is 0 Å². The zero-order valence-electron chi connectivity index (χ0n) is 7.71. The van der Waals surface area contributed by atoms with Gasteiger partial charge in [0.25, 0.3) is 5.56 Å². The maximum Gasteiger partial charge on any atom is 0.273 e. The Morgan fingerprint density at radius 1 is 1.42 bits per heavy atom. The van der Waals surface area contributed by atoms with E-state index in [0.29, 0.717) is 11.3 Å². The third-order valence-corrected chi connectivity index (χ3v) is 1.79. The van der Waals surface area contributed by atoms with Crippen LogP contribution in [0.5, 0.6) is 5.75 Å². The summed E-state index contributed by atoms with van der Waals surface area (Å²) in [6, 6.07) is 0. The Morgan fingerprint density at radius 3 is 2.50 bits per heavy atom. The molecule has 0 spiro atoms. The van der Waals surface area contributed by atoms with E-state index in [2.05, 4.69) is 5.10 Å². The minimum Gasteiger partial charge on any atom is -0.494 e. The molecule has 0 aliphatic rings. The van der Waals surface area contributed by atoms with E-state index < -0.39 is 0 Å². The number of nitrogens with zero attached hydrogens (tertiary/aromatic N) is 2. The van der Waals surface area contributed by atoms with Gasteiger partial charge in [-0.05, 0) is 13.8 Å². The molecule has 0 aromatic carbocycles. The largest absolute Gasteiger partial charge is 0.494 e. The van der Waals surface area contributed by atoms with Crippen molar-refractivity contribution >= 4 is 0 Å². The second kappa shape index (κ2) is 2.97. The lowest BCUT2D eigenvalue weighted by Crippen LogP contribution is -2.23. The summed E-state index contributed by atoms with van der Waals surface area (Å²) in [4.78, 5) is 11.3. The van der Waals surface area contributed by atoms with Crippen molar-refractivity contribution < 1.29 is 4.74 Å². The molecule has 4 nitrogen and oxygen atoms in total. The summed E-state index contributed by atoms with van der Waals surface area (Å²) in [5.74, 6) is 0.582. The second-order valence-corrected chi connectivity index (χ2v) is 2.67. The van der Waals surface area contributed by atoms with Crippen LogP contribution in [0.1, 0.15) is 11.3 Å². The third-order valence-electron chi connectivity index (χ3n) is 1.79. The molecule has 0 radical (unpaired) electrons. The first-order chi connectivity index (χ1) is 5.57. The molecule has 4 heteroatoms. The number of methoxy groups -OCH3 is 1. The topological polar surface area (TPSA) is 44.1 Å². The first kappa shape index (κ1) is 8.77. The van der Waals surface area contributed by atoms with Gasteiger partial charge in [-0.1, -0.05) is 0 Å². The molecule has 1 rings (SSSR count). The van der Waals surface area contributed by atoms with Crippen molar-refractivity contribution in [3.63, 3.8) is 0 Å². The number of hydrogen-bond donors (Lipinski definition) is 0. The Morgan fingerprint density at radius 2 is 2.00 bits per heavy atom. The van der Waals surface area contributed by atoms with Crippen molar-refractivity contribution in [2.45, 2.75) is 13.8 Å². The van der Waals surface area contributed by atoms with Crippen LogP contribution in [0.4, 0.5) is 0 Å². The number of aromatic nitrogens is 2. The molecule has 1 aromatic rings. The molecule has 0 fully saturated rings. The highest BCUT2D eigenvalue weighted by Crippen LogP contribution is 2.15. The van der Waals surface area contributed by atoms with Crippen molar-refractivity contribution in [1.29, 1.82) is 0 Å². The van der Waals surface area contributed by atoms with Crippen LogP contribution in [0, 0.1) is 13.8 Å². The Hall–Kier alpha value is -1.32. The van der Waals surface area contributed by atoms with Gasteiger partial charge in [-0.2, -0.15) is 5.10 Å². The molecule has 0 aliphatic heterocycles. The standard InChI is InChI=1S/C8H12N2O2/c1-5-7(12-4)6(2)9-10(3)8(5)11/h1-4H3. The molecule has 0 aliphatic carbocycles. The monoisotopic (exact) mass is 168 g/mol. The molecule has 0 saturated carbocycles. The second-order valence-electron chi connectivity index (χ2n) is 2.67. The van der Waals surface area contributed by atoms with Crippen LogP contribution in [0.3, 0.4) is 0 Å².